The molecule has 41 heavy (non-hydrogen) atoms. The molecule has 2 fully saturated rings. The van der Waals surface area contributed by atoms with Crippen LogP contribution in [0.25, 0.3) is 0 Å². The van der Waals surface area contributed by atoms with Gasteiger partial charge in [-0.3, -0.25) is 14.4 Å². The average Bonchev–Trinajstić information content (AvgIpc) is 3.45. The van der Waals surface area contributed by atoms with Crippen LogP contribution in [0.4, 0.5) is 0 Å². The van der Waals surface area contributed by atoms with Gasteiger partial charge in [0, 0.05) is 38.0 Å². The summed E-state index contributed by atoms with van der Waals surface area (Å²) in [5.41, 5.74) is -5.84. The van der Waals surface area contributed by atoms with E-state index >= 15 is 0 Å². The highest BCUT2D eigenvalue weighted by Crippen LogP contribution is 2.65. The van der Waals surface area contributed by atoms with Gasteiger partial charge in [-0.25, -0.2) is 4.79 Å². The molecule has 0 radical (unpaired) electrons. The molecule has 4 rings (SSSR count). The summed E-state index contributed by atoms with van der Waals surface area (Å²) in [7, 11) is 0. The smallest absolute Gasteiger partial charge is 0.342 e. The van der Waals surface area contributed by atoms with Crippen molar-refractivity contribution in [2.75, 3.05) is 0 Å². The quantitative estimate of drug-likeness (QED) is 0.150. The second kappa shape index (κ2) is 10.8. The Labute approximate surface area is 240 Å². The maximum absolute atomic E-state index is 13.1. The van der Waals surface area contributed by atoms with Gasteiger partial charge in [-0.05, 0) is 38.8 Å². The molecule has 2 aliphatic heterocycles. The Morgan fingerprint density at radius 3 is 2.32 bits per heavy atom. The van der Waals surface area contributed by atoms with E-state index in [2.05, 4.69) is 0 Å². The molecule has 4 aliphatic rings. The third kappa shape index (κ3) is 5.10. The summed E-state index contributed by atoms with van der Waals surface area (Å²) in [6, 6.07) is 0. The van der Waals surface area contributed by atoms with Gasteiger partial charge in [0.1, 0.15) is 24.4 Å². The zero-order chi connectivity index (χ0) is 30.5. The van der Waals surface area contributed by atoms with Crippen LogP contribution in [-0.4, -0.2) is 81.4 Å². The van der Waals surface area contributed by atoms with E-state index in [1.54, 1.807) is 26.0 Å². The van der Waals surface area contributed by atoms with Crippen LogP contribution in [0, 0.1) is 11.3 Å². The lowest BCUT2D eigenvalue weighted by Crippen LogP contribution is -2.67. The summed E-state index contributed by atoms with van der Waals surface area (Å²) in [6.45, 7) is 10.8. The number of carbonyl (C=O) groups excluding carboxylic acids is 4. The molecule has 2 aliphatic carbocycles. The average molecular weight is 579 g/mol. The van der Waals surface area contributed by atoms with Gasteiger partial charge in [-0.2, -0.15) is 0 Å². The van der Waals surface area contributed by atoms with Crippen LogP contribution in [0.3, 0.4) is 0 Å². The van der Waals surface area contributed by atoms with E-state index < -0.39 is 82.5 Å². The Bertz CT molecular complexity index is 1160. The third-order valence-corrected chi connectivity index (χ3v) is 9.29. The van der Waals surface area contributed by atoms with Crippen LogP contribution in [0.15, 0.2) is 23.8 Å². The fourth-order valence-corrected chi connectivity index (χ4v) is 6.97. The molecule has 0 saturated carbocycles. The first kappa shape index (κ1) is 31.2. The molecule has 2 N–H and O–H groups in total. The molecule has 10 atom stereocenters. The molecule has 228 valence electrons. The molecule has 2 saturated heterocycles. The molecular weight excluding hydrogens is 536 g/mol. The summed E-state index contributed by atoms with van der Waals surface area (Å²) < 4.78 is 29.6. The highest BCUT2D eigenvalue weighted by Gasteiger charge is 2.87. The Hall–Kier alpha value is -2.76. The molecule has 0 bridgehead atoms. The summed E-state index contributed by atoms with van der Waals surface area (Å²) in [4.78, 5) is 51.0. The van der Waals surface area contributed by atoms with Crippen molar-refractivity contribution in [1.82, 2.24) is 0 Å². The molecule has 0 aromatic rings. The minimum atomic E-state index is -1.95. The van der Waals surface area contributed by atoms with E-state index in [-0.39, 0.29) is 12.8 Å². The number of epoxide rings is 1. The minimum Gasteiger partial charge on any atom is -0.461 e. The van der Waals surface area contributed by atoms with E-state index in [1.807, 2.05) is 6.92 Å². The van der Waals surface area contributed by atoms with Crippen molar-refractivity contribution in [1.29, 1.82) is 0 Å². The topological polar surface area (TPSA) is 158 Å². The van der Waals surface area contributed by atoms with Gasteiger partial charge in [0.15, 0.2) is 17.3 Å². The van der Waals surface area contributed by atoms with Crippen molar-refractivity contribution >= 4 is 23.9 Å². The van der Waals surface area contributed by atoms with E-state index in [4.69, 9.17) is 23.7 Å². The lowest BCUT2D eigenvalue weighted by atomic mass is 9.55. The van der Waals surface area contributed by atoms with Gasteiger partial charge in [-0.15, -0.1) is 0 Å². The standard InChI is InChI=1S/C30H42O11/c1-8-9-10-11-23(34)39-19-15-21(37-17(3)31)27(5)13-12-20(33)28(6,36)24(27)25(38-18(4)32)30-22(14-16(19)2)40-26(35)29(30,7)41-30/h12-14,19-22,24-25,33,36H,8-11,15H2,1-7H3/t19-,20-,21+,22+,24-,25-,27-,28-,29+,30+/m1/s1. The number of carbonyl (C=O) groups is 4. The SMILES string of the molecule is CCCCCC(=O)O[C@@H]1C[C@H](OC(C)=O)[C@@]2(C)C=C[C@@H](O)[C@@](C)(O)[C@@H]2[C@@H](OC(C)=O)[C@]23O[C@@]2(C)C(=O)O[C@H]3C=C1C. The molecule has 0 aromatic carbocycles. The summed E-state index contributed by atoms with van der Waals surface area (Å²) in [6.07, 6.45) is 1.56. The van der Waals surface area contributed by atoms with Crippen LogP contribution in [0.2, 0.25) is 0 Å². The van der Waals surface area contributed by atoms with Gasteiger partial charge in [0.2, 0.25) is 0 Å². The van der Waals surface area contributed by atoms with Crippen molar-refractivity contribution in [2.45, 2.75) is 128 Å². The lowest BCUT2D eigenvalue weighted by molar-refractivity contribution is -0.215. The van der Waals surface area contributed by atoms with Crippen LogP contribution in [0.5, 0.6) is 0 Å². The Balaban J connectivity index is 1.93. The van der Waals surface area contributed by atoms with Crippen LogP contribution in [0.1, 0.15) is 80.6 Å². The van der Waals surface area contributed by atoms with E-state index in [9.17, 15) is 29.4 Å². The summed E-state index contributed by atoms with van der Waals surface area (Å²) >= 11 is 0. The molecule has 11 heteroatoms. The Kier molecular flexibility index (Phi) is 8.23. The van der Waals surface area contributed by atoms with Crippen molar-refractivity contribution in [2.24, 2.45) is 11.3 Å². The molecule has 2 heterocycles. The highest BCUT2D eigenvalue weighted by molar-refractivity contribution is 5.89. The largest absolute Gasteiger partial charge is 0.461 e. The second-order valence-corrected chi connectivity index (χ2v) is 12.3. The number of aliphatic hydroxyl groups excluding tert-OH is 1. The molecular formula is C30H42O11. The number of esters is 4. The first-order chi connectivity index (χ1) is 19.0. The third-order valence-electron chi connectivity index (χ3n) is 9.29. The van der Waals surface area contributed by atoms with Gasteiger partial charge >= 0.3 is 23.9 Å². The monoisotopic (exact) mass is 578 g/mol. The number of hydrogen-bond acceptors (Lipinski definition) is 11. The second-order valence-electron chi connectivity index (χ2n) is 12.3. The lowest BCUT2D eigenvalue weighted by Gasteiger charge is -2.54. The fraction of sp³-hybridized carbons (Fsp3) is 0.733. The van der Waals surface area contributed by atoms with Gasteiger partial charge in [-0.1, -0.05) is 38.8 Å². The Morgan fingerprint density at radius 1 is 1.07 bits per heavy atom. The Morgan fingerprint density at radius 2 is 1.73 bits per heavy atom. The molecule has 0 aromatic heterocycles. The van der Waals surface area contributed by atoms with Crippen LogP contribution >= 0.6 is 0 Å². The van der Waals surface area contributed by atoms with Crippen LogP contribution in [-0.2, 0) is 42.9 Å². The maximum atomic E-state index is 13.1. The zero-order valence-electron chi connectivity index (χ0n) is 24.8. The van der Waals surface area contributed by atoms with E-state index in [1.165, 1.54) is 33.8 Å². The molecule has 1 spiro atoms. The van der Waals surface area contributed by atoms with Gasteiger partial charge in [0.25, 0.3) is 0 Å². The van der Waals surface area contributed by atoms with Crippen molar-refractivity contribution < 1.29 is 53.1 Å². The minimum absolute atomic E-state index is 0.0104. The number of hydrogen-bond donors (Lipinski definition) is 2. The predicted octanol–water partition coefficient (Wildman–Crippen LogP) is 2.45. The maximum Gasteiger partial charge on any atom is 0.342 e. The van der Waals surface area contributed by atoms with Gasteiger partial charge < -0.3 is 33.9 Å². The number of fused-ring (bicyclic) bond motifs is 1. The zero-order valence-corrected chi connectivity index (χ0v) is 24.8. The summed E-state index contributed by atoms with van der Waals surface area (Å²) in [5, 5.41) is 22.9. The van der Waals surface area contributed by atoms with E-state index in [0.29, 0.717) is 12.0 Å². The molecule has 0 amide bonds. The van der Waals surface area contributed by atoms with Gasteiger partial charge in [0.05, 0.1) is 5.60 Å². The highest BCUT2D eigenvalue weighted by atomic mass is 16.7. The first-order valence-electron chi connectivity index (χ1n) is 14.3. The number of aliphatic hydroxyl groups is 2. The van der Waals surface area contributed by atoms with Crippen molar-refractivity contribution in [3.63, 3.8) is 0 Å². The fourth-order valence-electron chi connectivity index (χ4n) is 6.97. The summed E-state index contributed by atoms with van der Waals surface area (Å²) in [5.74, 6) is -3.60. The van der Waals surface area contributed by atoms with Crippen LogP contribution < -0.4 is 0 Å². The van der Waals surface area contributed by atoms with Crippen molar-refractivity contribution in [3.8, 4) is 0 Å². The predicted molar refractivity (Wildman–Crippen MR) is 143 cm³/mol. The molecule has 11 nitrogen and oxygen atoms in total. The first-order valence-corrected chi connectivity index (χ1v) is 14.3. The number of rotatable bonds is 7. The molecule has 0 unspecified atom stereocenters. The number of unbranched alkanes of at least 4 members (excludes halogenated alkanes) is 2. The normalized spacial score (nSPS) is 43.0. The van der Waals surface area contributed by atoms with E-state index in [0.717, 1.165) is 12.8 Å². The van der Waals surface area contributed by atoms with Crippen molar-refractivity contribution in [3.05, 3.63) is 23.8 Å². The number of ether oxygens (including phenoxy) is 5.